The van der Waals surface area contributed by atoms with Crippen molar-refractivity contribution in [2.45, 2.75) is 11.8 Å². The van der Waals surface area contributed by atoms with E-state index < -0.39 is 33.7 Å². The molecule has 1 aliphatic rings. The Morgan fingerprint density at radius 2 is 2.16 bits per heavy atom. The summed E-state index contributed by atoms with van der Waals surface area (Å²) in [7, 11) is 0. The molecule has 0 radical (unpaired) electrons. The van der Waals surface area contributed by atoms with E-state index in [4.69, 9.17) is 11.6 Å². The van der Waals surface area contributed by atoms with Crippen LogP contribution in [-0.4, -0.2) is 34.2 Å². The Balaban J connectivity index is 2.41. The lowest BCUT2D eigenvalue weighted by molar-refractivity contribution is -0.387. The average molecular weight is 291 g/mol. The molecule has 0 bridgehead atoms. The molecule has 0 aromatic heterocycles. The van der Waals surface area contributed by atoms with Crippen molar-refractivity contribution < 1.29 is 18.5 Å². The van der Waals surface area contributed by atoms with Gasteiger partial charge in [0.1, 0.15) is 11.4 Å². The second-order valence-corrected chi connectivity index (χ2v) is 4.77. The SMILES string of the molecule is O=C(c1c(F)ccc([N+](=O)[O-])c1F)N1CCC(Cl)C1. The molecule has 0 spiro atoms. The highest BCUT2D eigenvalue weighted by Gasteiger charge is 2.32. The highest BCUT2D eigenvalue weighted by atomic mass is 35.5. The van der Waals surface area contributed by atoms with Gasteiger partial charge in [-0.05, 0) is 12.5 Å². The molecule has 1 aliphatic heterocycles. The van der Waals surface area contributed by atoms with Crippen LogP contribution >= 0.6 is 11.6 Å². The van der Waals surface area contributed by atoms with Gasteiger partial charge < -0.3 is 4.90 Å². The minimum atomic E-state index is -1.45. The van der Waals surface area contributed by atoms with Gasteiger partial charge in [0.15, 0.2) is 0 Å². The smallest absolute Gasteiger partial charge is 0.305 e. The maximum absolute atomic E-state index is 13.8. The zero-order valence-corrected chi connectivity index (χ0v) is 10.4. The Kier molecular flexibility index (Phi) is 3.66. The van der Waals surface area contributed by atoms with E-state index in [0.717, 1.165) is 0 Å². The molecule has 5 nitrogen and oxygen atoms in total. The quantitative estimate of drug-likeness (QED) is 0.477. The molecule has 1 amide bonds. The maximum Gasteiger partial charge on any atom is 0.305 e. The third-order valence-electron chi connectivity index (χ3n) is 2.90. The Morgan fingerprint density at radius 1 is 1.47 bits per heavy atom. The summed E-state index contributed by atoms with van der Waals surface area (Å²) in [5.74, 6) is -3.49. The number of nitro groups is 1. The molecule has 1 saturated heterocycles. The summed E-state index contributed by atoms with van der Waals surface area (Å²) < 4.78 is 27.4. The zero-order valence-electron chi connectivity index (χ0n) is 9.61. The van der Waals surface area contributed by atoms with Gasteiger partial charge in [-0.2, -0.15) is 4.39 Å². The van der Waals surface area contributed by atoms with E-state index in [0.29, 0.717) is 18.6 Å². The van der Waals surface area contributed by atoms with Gasteiger partial charge in [-0.25, -0.2) is 4.39 Å². The number of likely N-dealkylation sites (tertiary alicyclic amines) is 1. The molecule has 1 heterocycles. The van der Waals surface area contributed by atoms with Crippen molar-refractivity contribution in [1.82, 2.24) is 4.90 Å². The summed E-state index contributed by atoms with van der Waals surface area (Å²) in [5.41, 5.74) is -1.83. The van der Waals surface area contributed by atoms with Crippen LogP contribution in [0.3, 0.4) is 0 Å². The van der Waals surface area contributed by atoms with Crippen LogP contribution in [0.2, 0.25) is 0 Å². The van der Waals surface area contributed by atoms with E-state index in [-0.39, 0.29) is 18.5 Å². The minimum absolute atomic E-state index is 0.169. The largest absolute Gasteiger partial charge is 0.337 e. The van der Waals surface area contributed by atoms with Crippen molar-refractivity contribution in [2.24, 2.45) is 0 Å². The summed E-state index contributed by atoms with van der Waals surface area (Å²) in [6.07, 6.45) is 0.519. The number of hydrogen-bond acceptors (Lipinski definition) is 3. The summed E-state index contributed by atoms with van der Waals surface area (Å²) in [5, 5.41) is 10.3. The first kappa shape index (κ1) is 13.7. The molecule has 1 fully saturated rings. The van der Waals surface area contributed by atoms with E-state index >= 15 is 0 Å². The highest BCUT2D eigenvalue weighted by molar-refractivity contribution is 6.21. The van der Waals surface area contributed by atoms with E-state index in [2.05, 4.69) is 0 Å². The number of alkyl halides is 1. The highest BCUT2D eigenvalue weighted by Crippen LogP contribution is 2.26. The molecular weight excluding hydrogens is 282 g/mol. The Hall–Kier alpha value is -1.76. The van der Waals surface area contributed by atoms with Crippen LogP contribution in [0.15, 0.2) is 12.1 Å². The normalized spacial score (nSPS) is 18.7. The fraction of sp³-hybridized carbons (Fsp3) is 0.364. The first-order valence-electron chi connectivity index (χ1n) is 5.47. The van der Waals surface area contributed by atoms with Gasteiger partial charge in [-0.3, -0.25) is 14.9 Å². The van der Waals surface area contributed by atoms with Gasteiger partial charge >= 0.3 is 5.69 Å². The summed E-state index contributed by atoms with van der Waals surface area (Å²) in [4.78, 5) is 22.7. The fourth-order valence-electron chi connectivity index (χ4n) is 1.94. The molecule has 0 saturated carbocycles. The predicted octanol–water partition coefficient (Wildman–Crippen LogP) is 2.33. The van der Waals surface area contributed by atoms with Crippen LogP contribution in [0.5, 0.6) is 0 Å². The topological polar surface area (TPSA) is 63.4 Å². The van der Waals surface area contributed by atoms with Crippen molar-refractivity contribution in [1.29, 1.82) is 0 Å². The lowest BCUT2D eigenvalue weighted by atomic mass is 10.1. The van der Waals surface area contributed by atoms with Crippen LogP contribution in [0.4, 0.5) is 14.5 Å². The predicted molar refractivity (Wildman–Crippen MR) is 63.2 cm³/mol. The van der Waals surface area contributed by atoms with Crippen LogP contribution in [0.1, 0.15) is 16.8 Å². The molecule has 8 heteroatoms. The van der Waals surface area contributed by atoms with Crippen LogP contribution in [-0.2, 0) is 0 Å². The third-order valence-corrected chi connectivity index (χ3v) is 3.26. The lowest BCUT2D eigenvalue weighted by Crippen LogP contribution is -2.30. The van der Waals surface area contributed by atoms with Gasteiger partial charge in [-0.1, -0.05) is 0 Å². The summed E-state index contributed by atoms with van der Waals surface area (Å²) in [6, 6.07) is 1.40. The minimum Gasteiger partial charge on any atom is -0.337 e. The Morgan fingerprint density at radius 3 is 2.68 bits per heavy atom. The molecule has 102 valence electrons. The Bertz CT molecular complexity index is 553. The standard InChI is InChI=1S/C11H9ClF2N2O3/c12-6-3-4-15(5-6)11(17)9-7(13)1-2-8(10(9)14)16(18)19/h1-2,6H,3-5H2. The van der Waals surface area contributed by atoms with Crippen LogP contribution in [0, 0.1) is 21.7 Å². The molecule has 2 rings (SSSR count). The third kappa shape index (κ3) is 2.51. The van der Waals surface area contributed by atoms with Crippen molar-refractivity contribution >= 4 is 23.2 Å². The molecule has 0 N–H and O–H groups in total. The lowest BCUT2D eigenvalue weighted by Gasteiger charge is -2.16. The number of nitro benzene ring substituents is 1. The first-order valence-corrected chi connectivity index (χ1v) is 5.91. The van der Waals surface area contributed by atoms with E-state index in [9.17, 15) is 23.7 Å². The van der Waals surface area contributed by atoms with Gasteiger partial charge in [0.05, 0.1) is 10.3 Å². The number of rotatable bonds is 2. The van der Waals surface area contributed by atoms with Gasteiger partial charge in [-0.15, -0.1) is 11.6 Å². The summed E-state index contributed by atoms with van der Waals surface area (Å²) in [6.45, 7) is 0.441. The average Bonchev–Trinajstić information content (AvgIpc) is 2.75. The monoisotopic (exact) mass is 290 g/mol. The van der Waals surface area contributed by atoms with E-state index in [1.807, 2.05) is 0 Å². The van der Waals surface area contributed by atoms with Crippen LogP contribution < -0.4 is 0 Å². The number of hydrogen-bond donors (Lipinski definition) is 0. The van der Waals surface area contributed by atoms with Crippen molar-refractivity contribution in [3.8, 4) is 0 Å². The van der Waals surface area contributed by atoms with E-state index in [1.54, 1.807) is 0 Å². The number of amides is 1. The van der Waals surface area contributed by atoms with Crippen molar-refractivity contribution in [2.75, 3.05) is 13.1 Å². The molecule has 1 unspecified atom stereocenters. The Labute approximate surface area is 111 Å². The number of nitrogens with zero attached hydrogens (tertiary/aromatic N) is 2. The van der Waals surface area contributed by atoms with Gasteiger partial charge in [0.2, 0.25) is 5.82 Å². The van der Waals surface area contributed by atoms with Crippen molar-refractivity contribution in [3.63, 3.8) is 0 Å². The van der Waals surface area contributed by atoms with E-state index in [1.165, 1.54) is 4.90 Å². The molecule has 1 aromatic rings. The maximum atomic E-state index is 13.8. The number of carbonyl (C=O) groups is 1. The number of carbonyl (C=O) groups excluding carboxylic acids is 1. The van der Waals surface area contributed by atoms with Gasteiger partial charge in [0.25, 0.3) is 5.91 Å². The number of halogens is 3. The second-order valence-electron chi connectivity index (χ2n) is 4.15. The van der Waals surface area contributed by atoms with Crippen LogP contribution in [0.25, 0.3) is 0 Å². The number of benzene rings is 1. The fourth-order valence-corrected chi connectivity index (χ4v) is 2.20. The molecule has 1 atom stereocenters. The molecular formula is C11H9ClF2N2O3. The first-order chi connectivity index (χ1) is 8.91. The van der Waals surface area contributed by atoms with Gasteiger partial charge in [0, 0.05) is 19.2 Å². The van der Waals surface area contributed by atoms with Crippen molar-refractivity contribution in [3.05, 3.63) is 39.4 Å². The second kappa shape index (κ2) is 5.08. The zero-order chi connectivity index (χ0) is 14.2. The molecule has 1 aromatic carbocycles. The molecule has 0 aliphatic carbocycles. The summed E-state index contributed by atoms with van der Waals surface area (Å²) >= 11 is 5.81. The molecule has 19 heavy (non-hydrogen) atoms.